The molecule has 1 amide bonds. The minimum Gasteiger partial charge on any atom is -0.396 e. The Labute approximate surface area is 114 Å². The molecule has 1 rings (SSSR count). The lowest BCUT2D eigenvalue weighted by atomic mass is 9.94. The molecule has 1 atom stereocenters. The third-order valence-electron chi connectivity index (χ3n) is 3.31. The number of nitrogens with one attached hydrogen (secondary N) is 1. The highest BCUT2D eigenvalue weighted by Crippen LogP contribution is 2.25. The van der Waals surface area contributed by atoms with E-state index >= 15 is 0 Å². The number of hydrogen-bond acceptors (Lipinski definition) is 4. The van der Waals surface area contributed by atoms with Crippen LogP contribution in [-0.4, -0.2) is 40.7 Å². The summed E-state index contributed by atoms with van der Waals surface area (Å²) in [6.45, 7) is 2.20. The number of primary amides is 1. The predicted octanol–water partition coefficient (Wildman–Crippen LogP) is 1.27. The smallest absolute Gasteiger partial charge is 0.237 e. The van der Waals surface area contributed by atoms with Crippen LogP contribution in [0.1, 0.15) is 45.4 Å². The molecule has 0 aromatic rings. The van der Waals surface area contributed by atoms with E-state index in [9.17, 15) is 4.79 Å². The van der Waals surface area contributed by atoms with E-state index in [4.69, 9.17) is 10.8 Å². The van der Waals surface area contributed by atoms with Gasteiger partial charge in [0.25, 0.3) is 0 Å². The highest BCUT2D eigenvalue weighted by atomic mass is 32.2. The Hall–Kier alpha value is -0.260. The Balaban J connectivity index is 2.11. The first-order valence-electron chi connectivity index (χ1n) is 6.85. The van der Waals surface area contributed by atoms with Crippen LogP contribution in [0.3, 0.4) is 0 Å². The van der Waals surface area contributed by atoms with E-state index < -0.39 is 5.54 Å². The molecule has 0 saturated heterocycles. The summed E-state index contributed by atoms with van der Waals surface area (Å²) in [5.41, 5.74) is 4.96. The number of rotatable bonds is 11. The van der Waals surface area contributed by atoms with Crippen LogP contribution in [0.2, 0.25) is 0 Å². The Morgan fingerprint density at radius 2 is 2.06 bits per heavy atom. The highest BCUT2D eigenvalue weighted by Gasteiger charge is 2.36. The first-order valence-corrected chi connectivity index (χ1v) is 8.00. The average Bonchev–Trinajstić information content (AvgIpc) is 3.11. The van der Waals surface area contributed by atoms with E-state index in [0.717, 1.165) is 37.2 Å². The molecular weight excluding hydrogens is 248 g/mol. The van der Waals surface area contributed by atoms with Gasteiger partial charge in [0.1, 0.15) is 0 Å². The Bertz CT molecular complexity index is 259. The van der Waals surface area contributed by atoms with Crippen molar-refractivity contribution in [2.75, 3.05) is 18.1 Å². The van der Waals surface area contributed by atoms with Gasteiger partial charge >= 0.3 is 0 Å². The van der Waals surface area contributed by atoms with Gasteiger partial charge in [-0.3, -0.25) is 4.79 Å². The summed E-state index contributed by atoms with van der Waals surface area (Å²) in [5, 5.41) is 12.0. The van der Waals surface area contributed by atoms with Gasteiger partial charge in [0.15, 0.2) is 0 Å². The maximum Gasteiger partial charge on any atom is 0.237 e. The first kappa shape index (κ1) is 15.8. The molecule has 106 valence electrons. The van der Waals surface area contributed by atoms with Crippen molar-refractivity contribution in [3.05, 3.63) is 0 Å². The summed E-state index contributed by atoms with van der Waals surface area (Å²) in [6.07, 6.45) is 6.14. The fraction of sp³-hybridized carbons (Fsp3) is 0.923. The molecule has 0 bridgehead atoms. The van der Waals surface area contributed by atoms with Gasteiger partial charge in [-0.05, 0) is 50.5 Å². The number of aliphatic hydroxyl groups is 1. The molecule has 0 aromatic carbocycles. The molecule has 4 N–H and O–H groups in total. The normalized spacial score (nSPS) is 18.6. The molecule has 0 aliphatic heterocycles. The van der Waals surface area contributed by atoms with Crippen molar-refractivity contribution < 1.29 is 9.90 Å². The van der Waals surface area contributed by atoms with Crippen LogP contribution in [0.4, 0.5) is 0 Å². The van der Waals surface area contributed by atoms with Crippen LogP contribution < -0.4 is 11.1 Å². The summed E-state index contributed by atoms with van der Waals surface area (Å²) in [5.74, 6) is 1.88. The number of aliphatic hydroxyl groups excluding tert-OH is 1. The minimum absolute atomic E-state index is 0.234. The van der Waals surface area contributed by atoms with Crippen LogP contribution in [0.5, 0.6) is 0 Å². The minimum atomic E-state index is -0.531. The molecule has 1 fully saturated rings. The number of thioether (sulfide) groups is 1. The second-order valence-corrected chi connectivity index (χ2v) is 6.49. The molecule has 1 saturated carbocycles. The molecule has 18 heavy (non-hydrogen) atoms. The van der Waals surface area contributed by atoms with Crippen LogP contribution in [0.25, 0.3) is 0 Å². The van der Waals surface area contributed by atoms with Crippen LogP contribution in [0, 0.1) is 0 Å². The van der Waals surface area contributed by atoms with Gasteiger partial charge in [0.05, 0.1) is 5.54 Å². The molecular formula is C13H26N2O2S. The molecule has 0 spiro atoms. The lowest BCUT2D eigenvalue weighted by molar-refractivity contribution is -0.124. The van der Waals surface area contributed by atoms with Gasteiger partial charge in [-0.2, -0.15) is 11.8 Å². The average molecular weight is 274 g/mol. The Morgan fingerprint density at radius 3 is 2.61 bits per heavy atom. The maximum atomic E-state index is 11.5. The van der Waals surface area contributed by atoms with Gasteiger partial charge in [-0.15, -0.1) is 0 Å². The van der Waals surface area contributed by atoms with Crippen LogP contribution >= 0.6 is 11.8 Å². The van der Waals surface area contributed by atoms with Crippen molar-refractivity contribution in [3.8, 4) is 0 Å². The lowest BCUT2D eigenvalue weighted by Gasteiger charge is -2.27. The van der Waals surface area contributed by atoms with Crippen LogP contribution in [-0.2, 0) is 4.79 Å². The van der Waals surface area contributed by atoms with Gasteiger partial charge in [0.2, 0.25) is 5.91 Å². The summed E-state index contributed by atoms with van der Waals surface area (Å²) in [6, 6.07) is 0.501. The highest BCUT2D eigenvalue weighted by molar-refractivity contribution is 7.99. The van der Waals surface area contributed by atoms with Crippen molar-refractivity contribution >= 4 is 17.7 Å². The molecule has 1 aliphatic rings. The fourth-order valence-electron chi connectivity index (χ4n) is 1.90. The third kappa shape index (κ3) is 6.07. The van der Waals surface area contributed by atoms with E-state index in [1.165, 1.54) is 12.8 Å². The zero-order chi connectivity index (χ0) is 13.4. The van der Waals surface area contributed by atoms with Gasteiger partial charge in [-0.25, -0.2) is 0 Å². The Morgan fingerprint density at radius 1 is 1.39 bits per heavy atom. The summed E-state index contributed by atoms with van der Waals surface area (Å²) in [7, 11) is 0. The van der Waals surface area contributed by atoms with E-state index in [0.29, 0.717) is 6.04 Å². The first-order chi connectivity index (χ1) is 8.58. The number of carbonyl (C=O) groups is 1. The van der Waals surface area contributed by atoms with E-state index in [2.05, 4.69) is 5.32 Å². The second-order valence-electron chi connectivity index (χ2n) is 5.26. The zero-order valence-corrected chi connectivity index (χ0v) is 12.1. The van der Waals surface area contributed by atoms with E-state index in [1.807, 2.05) is 18.7 Å². The fourth-order valence-corrected chi connectivity index (χ4v) is 2.84. The molecule has 0 heterocycles. The van der Waals surface area contributed by atoms with Gasteiger partial charge < -0.3 is 16.2 Å². The quantitative estimate of drug-likeness (QED) is 0.496. The van der Waals surface area contributed by atoms with Crippen molar-refractivity contribution in [1.82, 2.24) is 5.32 Å². The number of unbranched alkanes of at least 4 members (excludes halogenated alkanes) is 1. The molecule has 4 nitrogen and oxygen atoms in total. The lowest BCUT2D eigenvalue weighted by Crippen LogP contribution is -2.53. The molecule has 0 aromatic heterocycles. The van der Waals surface area contributed by atoms with Crippen LogP contribution in [0.15, 0.2) is 0 Å². The summed E-state index contributed by atoms with van der Waals surface area (Å²) in [4.78, 5) is 11.5. The molecule has 1 unspecified atom stereocenters. The summed E-state index contributed by atoms with van der Waals surface area (Å²) >= 11 is 1.87. The van der Waals surface area contributed by atoms with Gasteiger partial charge in [0, 0.05) is 12.6 Å². The number of nitrogens with two attached hydrogens (primary N) is 1. The molecule has 5 heteroatoms. The Kier molecular flexibility index (Phi) is 7.04. The topological polar surface area (TPSA) is 75.3 Å². The number of carbonyl (C=O) groups excluding carboxylic acids is 1. The SMILES string of the molecule is CC(CCCCSCCCO)(NC1CC1)C(N)=O. The van der Waals surface area contributed by atoms with E-state index in [-0.39, 0.29) is 12.5 Å². The maximum absolute atomic E-state index is 11.5. The largest absolute Gasteiger partial charge is 0.396 e. The monoisotopic (exact) mass is 274 g/mol. The second kappa shape index (κ2) is 8.02. The number of hydrogen-bond donors (Lipinski definition) is 3. The van der Waals surface area contributed by atoms with Crippen molar-refractivity contribution in [3.63, 3.8) is 0 Å². The van der Waals surface area contributed by atoms with Crippen molar-refractivity contribution in [1.29, 1.82) is 0 Å². The standard InChI is InChI=1S/C13H26N2O2S/c1-13(12(14)17,15-11-5-6-11)7-2-3-9-18-10-4-8-16/h11,15-16H,2-10H2,1H3,(H2,14,17). The number of amides is 1. The van der Waals surface area contributed by atoms with E-state index in [1.54, 1.807) is 0 Å². The zero-order valence-electron chi connectivity index (χ0n) is 11.3. The third-order valence-corrected chi connectivity index (χ3v) is 4.46. The van der Waals surface area contributed by atoms with Crippen molar-refractivity contribution in [2.24, 2.45) is 5.73 Å². The predicted molar refractivity (Wildman–Crippen MR) is 76.6 cm³/mol. The molecule has 1 aliphatic carbocycles. The summed E-state index contributed by atoms with van der Waals surface area (Å²) < 4.78 is 0. The van der Waals surface area contributed by atoms with Gasteiger partial charge in [-0.1, -0.05) is 6.42 Å². The van der Waals surface area contributed by atoms with Crippen molar-refractivity contribution in [2.45, 2.75) is 57.0 Å². The molecule has 0 radical (unpaired) electrons.